The molecule has 98 valence electrons. The van der Waals surface area contributed by atoms with Gasteiger partial charge in [0.05, 0.1) is 18.4 Å². The van der Waals surface area contributed by atoms with E-state index in [1.807, 2.05) is 0 Å². The highest BCUT2D eigenvalue weighted by atomic mass is 35.5. The van der Waals surface area contributed by atoms with E-state index >= 15 is 0 Å². The number of aromatic nitrogens is 2. The van der Waals surface area contributed by atoms with Crippen LogP contribution in [0.3, 0.4) is 0 Å². The number of rotatable bonds is 3. The summed E-state index contributed by atoms with van der Waals surface area (Å²) < 4.78 is 1.41. The SMILES string of the molecule is Cc1cc(=O)n(Cc2ccc(C(=O)O)cc2Cl)cn1. The molecule has 0 saturated carbocycles. The van der Waals surface area contributed by atoms with Crippen LogP contribution in [0.5, 0.6) is 0 Å². The number of aryl methyl sites for hydroxylation is 1. The van der Waals surface area contributed by atoms with Crippen molar-refractivity contribution in [3.63, 3.8) is 0 Å². The number of carboxylic acids is 1. The second-order valence-corrected chi connectivity index (χ2v) is 4.51. The van der Waals surface area contributed by atoms with Crippen LogP contribution in [-0.2, 0) is 6.54 Å². The first-order chi connectivity index (χ1) is 8.97. The molecule has 0 spiro atoms. The van der Waals surface area contributed by atoms with Crippen molar-refractivity contribution in [2.45, 2.75) is 13.5 Å². The molecule has 19 heavy (non-hydrogen) atoms. The standard InChI is InChI=1S/C13H11ClN2O3/c1-8-4-12(17)16(7-15-8)6-10-3-2-9(13(18)19)5-11(10)14/h2-5,7H,6H2,1H3,(H,18,19). The third-order valence-electron chi connectivity index (χ3n) is 2.66. The summed E-state index contributed by atoms with van der Waals surface area (Å²) >= 11 is 6.01. The van der Waals surface area contributed by atoms with E-state index < -0.39 is 5.97 Å². The van der Waals surface area contributed by atoms with Crippen LogP contribution in [0.25, 0.3) is 0 Å². The van der Waals surface area contributed by atoms with Crippen LogP contribution in [0.2, 0.25) is 5.02 Å². The van der Waals surface area contributed by atoms with Crippen molar-refractivity contribution in [1.29, 1.82) is 0 Å². The maximum absolute atomic E-state index is 11.7. The lowest BCUT2D eigenvalue weighted by Crippen LogP contribution is -2.20. The van der Waals surface area contributed by atoms with E-state index in [-0.39, 0.29) is 17.7 Å². The zero-order valence-electron chi connectivity index (χ0n) is 10.1. The second kappa shape index (κ2) is 5.24. The van der Waals surface area contributed by atoms with Gasteiger partial charge in [0.2, 0.25) is 0 Å². The first-order valence-electron chi connectivity index (χ1n) is 5.52. The Kier molecular flexibility index (Phi) is 3.66. The number of hydrogen-bond acceptors (Lipinski definition) is 3. The zero-order valence-corrected chi connectivity index (χ0v) is 10.9. The Hall–Kier alpha value is -2.14. The van der Waals surface area contributed by atoms with Gasteiger partial charge >= 0.3 is 5.97 Å². The molecule has 0 saturated heterocycles. The van der Waals surface area contributed by atoms with E-state index in [9.17, 15) is 9.59 Å². The molecule has 0 atom stereocenters. The quantitative estimate of drug-likeness (QED) is 0.931. The van der Waals surface area contributed by atoms with Crippen LogP contribution in [-0.4, -0.2) is 20.6 Å². The van der Waals surface area contributed by atoms with Crippen molar-refractivity contribution in [2.75, 3.05) is 0 Å². The monoisotopic (exact) mass is 278 g/mol. The summed E-state index contributed by atoms with van der Waals surface area (Å²) in [6.07, 6.45) is 1.44. The number of halogens is 1. The topological polar surface area (TPSA) is 72.2 Å². The van der Waals surface area contributed by atoms with E-state index in [0.717, 1.165) is 0 Å². The van der Waals surface area contributed by atoms with Crippen LogP contribution in [0.4, 0.5) is 0 Å². The predicted octanol–water partition coefficient (Wildman–Crippen LogP) is 1.95. The van der Waals surface area contributed by atoms with Gasteiger partial charge in [0.25, 0.3) is 5.56 Å². The molecule has 6 heteroatoms. The molecule has 5 nitrogen and oxygen atoms in total. The minimum atomic E-state index is -1.04. The average Bonchev–Trinajstić information content (AvgIpc) is 2.34. The van der Waals surface area contributed by atoms with E-state index in [1.54, 1.807) is 13.0 Å². The first-order valence-corrected chi connectivity index (χ1v) is 5.90. The normalized spacial score (nSPS) is 10.4. The number of carbonyl (C=O) groups is 1. The summed E-state index contributed by atoms with van der Waals surface area (Å²) in [5, 5.41) is 9.15. The fourth-order valence-corrected chi connectivity index (χ4v) is 1.87. The lowest BCUT2D eigenvalue weighted by Gasteiger charge is -2.08. The van der Waals surface area contributed by atoms with Gasteiger partial charge in [-0.2, -0.15) is 0 Å². The molecule has 0 amide bonds. The molecular formula is C13H11ClN2O3. The average molecular weight is 279 g/mol. The van der Waals surface area contributed by atoms with Gasteiger partial charge in [-0.1, -0.05) is 17.7 Å². The summed E-state index contributed by atoms with van der Waals surface area (Å²) in [5.41, 5.74) is 1.25. The van der Waals surface area contributed by atoms with E-state index in [2.05, 4.69) is 4.98 Å². The van der Waals surface area contributed by atoms with Gasteiger partial charge in [0.1, 0.15) is 0 Å². The highest BCUT2D eigenvalue weighted by Crippen LogP contribution is 2.18. The number of benzene rings is 1. The molecule has 0 aliphatic rings. The summed E-state index contributed by atoms with van der Waals surface area (Å²) in [6.45, 7) is 1.99. The zero-order chi connectivity index (χ0) is 14.0. The van der Waals surface area contributed by atoms with Gasteiger partial charge in [-0.3, -0.25) is 9.36 Å². The number of nitrogens with zero attached hydrogens (tertiary/aromatic N) is 2. The molecule has 1 aromatic heterocycles. The minimum Gasteiger partial charge on any atom is -0.478 e. The maximum atomic E-state index is 11.7. The summed E-state index contributed by atoms with van der Waals surface area (Å²) in [7, 11) is 0. The van der Waals surface area contributed by atoms with Crippen molar-refractivity contribution in [3.8, 4) is 0 Å². The van der Waals surface area contributed by atoms with Crippen molar-refractivity contribution in [2.24, 2.45) is 0 Å². The molecule has 0 aliphatic heterocycles. The molecule has 0 radical (unpaired) electrons. The lowest BCUT2D eigenvalue weighted by molar-refractivity contribution is 0.0697. The van der Waals surface area contributed by atoms with Crippen LogP contribution < -0.4 is 5.56 Å². The molecular weight excluding hydrogens is 268 g/mol. The van der Waals surface area contributed by atoms with E-state index in [1.165, 1.54) is 29.1 Å². The molecule has 0 aliphatic carbocycles. The summed E-state index contributed by atoms with van der Waals surface area (Å²) in [6, 6.07) is 5.85. The molecule has 1 N–H and O–H groups in total. The van der Waals surface area contributed by atoms with Crippen LogP contribution >= 0.6 is 11.6 Å². The Morgan fingerprint density at radius 2 is 2.16 bits per heavy atom. The second-order valence-electron chi connectivity index (χ2n) is 4.11. The smallest absolute Gasteiger partial charge is 0.335 e. The first kappa shape index (κ1) is 13.3. The van der Waals surface area contributed by atoms with Gasteiger partial charge in [0.15, 0.2) is 0 Å². The Labute approximate surface area is 114 Å². The highest BCUT2D eigenvalue weighted by Gasteiger charge is 2.08. The van der Waals surface area contributed by atoms with Gasteiger partial charge in [0, 0.05) is 16.8 Å². The third kappa shape index (κ3) is 3.00. The van der Waals surface area contributed by atoms with Crippen molar-refractivity contribution in [3.05, 3.63) is 62.8 Å². The minimum absolute atomic E-state index is 0.114. The number of hydrogen-bond donors (Lipinski definition) is 1. The summed E-state index contributed by atoms with van der Waals surface area (Å²) in [5.74, 6) is -1.04. The molecule has 0 bridgehead atoms. The van der Waals surface area contributed by atoms with Gasteiger partial charge in [-0.25, -0.2) is 9.78 Å². The van der Waals surface area contributed by atoms with Gasteiger partial charge < -0.3 is 5.11 Å². The fraction of sp³-hybridized carbons (Fsp3) is 0.154. The molecule has 0 unspecified atom stereocenters. The molecule has 2 aromatic rings. The molecule has 1 heterocycles. The van der Waals surface area contributed by atoms with Gasteiger partial charge in [-0.05, 0) is 24.6 Å². The third-order valence-corrected chi connectivity index (χ3v) is 3.01. The highest BCUT2D eigenvalue weighted by molar-refractivity contribution is 6.31. The Bertz CT molecular complexity index is 695. The van der Waals surface area contributed by atoms with E-state index in [4.69, 9.17) is 16.7 Å². The Morgan fingerprint density at radius 3 is 2.74 bits per heavy atom. The van der Waals surface area contributed by atoms with Gasteiger partial charge in [-0.15, -0.1) is 0 Å². The molecule has 2 rings (SSSR count). The van der Waals surface area contributed by atoms with Crippen LogP contribution in [0.15, 0.2) is 35.4 Å². The lowest BCUT2D eigenvalue weighted by atomic mass is 10.1. The van der Waals surface area contributed by atoms with E-state index in [0.29, 0.717) is 16.3 Å². The Balaban J connectivity index is 2.33. The van der Waals surface area contributed by atoms with Crippen LogP contribution in [0.1, 0.15) is 21.6 Å². The van der Waals surface area contributed by atoms with Crippen molar-refractivity contribution >= 4 is 17.6 Å². The molecule has 1 aromatic carbocycles. The molecule has 0 fully saturated rings. The number of aromatic carboxylic acids is 1. The predicted molar refractivity (Wildman–Crippen MR) is 70.7 cm³/mol. The van der Waals surface area contributed by atoms with Crippen molar-refractivity contribution in [1.82, 2.24) is 9.55 Å². The fourth-order valence-electron chi connectivity index (χ4n) is 1.63. The Morgan fingerprint density at radius 1 is 1.42 bits per heavy atom. The number of carboxylic acid groups (broad SMARTS) is 1. The summed E-state index contributed by atoms with van der Waals surface area (Å²) in [4.78, 5) is 26.5. The largest absolute Gasteiger partial charge is 0.478 e. The van der Waals surface area contributed by atoms with Crippen molar-refractivity contribution < 1.29 is 9.90 Å². The maximum Gasteiger partial charge on any atom is 0.335 e. The van der Waals surface area contributed by atoms with Crippen LogP contribution in [0, 0.1) is 6.92 Å².